The van der Waals surface area contributed by atoms with Crippen molar-refractivity contribution in [1.82, 2.24) is 0 Å². The molecule has 0 saturated carbocycles. The summed E-state index contributed by atoms with van der Waals surface area (Å²) in [7, 11) is 0. The predicted octanol–water partition coefficient (Wildman–Crippen LogP) is 5.05. The summed E-state index contributed by atoms with van der Waals surface area (Å²) in [5, 5.41) is 8.52. The van der Waals surface area contributed by atoms with Crippen LogP contribution in [-0.2, 0) is 4.79 Å². The summed E-state index contributed by atoms with van der Waals surface area (Å²) < 4.78 is 0. The van der Waals surface area contributed by atoms with Crippen molar-refractivity contribution in [3.63, 3.8) is 0 Å². The highest BCUT2D eigenvalue weighted by molar-refractivity contribution is 5.76. The Morgan fingerprint density at radius 1 is 1.14 bits per heavy atom. The lowest BCUT2D eigenvalue weighted by Gasteiger charge is -2.31. The summed E-state index contributed by atoms with van der Waals surface area (Å²) >= 11 is 0. The zero-order valence-corrected chi connectivity index (χ0v) is 15.4. The minimum atomic E-state index is -0.500. The first kappa shape index (κ1) is 20.6. The van der Waals surface area contributed by atoms with Gasteiger partial charge in [0.15, 0.2) is 0 Å². The van der Waals surface area contributed by atoms with Gasteiger partial charge < -0.3 is 5.11 Å². The van der Waals surface area contributed by atoms with Gasteiger partial charge in [-0.15, -0.1) is 0 Å². The van der Waals surface area contributed by atoms with Crippen LogP contribution in [0, 0.1) is 12.3 Å². The number of hydrogen-bond donors (Lipinski definition) is 1. The van der Waals surface area contributed by atoms with Gasteiger partial charge in [0.05, 0.1) is 5.60 Å². The lowest BCUT2D eigenvalue weighted by Crippen LogP contribution is -2.21. The molecule has 0 spiro atoms. The molecular formula is C20H32O2. The zero-order valence-electron chi connectivity index (χ0n) is 15.4. The van der Waals surface area contributed by atoms with E-state index in [-0.39, 0.29) is 11.3 Å². The average Bonchev–Trinajstić information content (AvgIpc) is 2.32. The molecule has 0 heterocycles. The molecule has 1 aromatic carbocycles. The Labute approximate surface area is 136 Å². The maximum Gasteiger partial charge on any atom is 0.146 e. The van der Waals surface area contributed by atoms with E-state index in [0.29, 0.717) is 0 Å². The molecule has 1 rings (SSSR count). The number of hydrogen-bond acceptors (Lipinski definition) is 2. The molecule has 0 aliphatic carbocycles. The van der Waals surface area contributed by atoms with Crippen molar-refractivity contribution in [2.24, 2.45) is 5.41 Å². The molecule has 0 fully saturated rings. The molecule has 1 atom stereocenters. The van der Waals surface area contributed by atoms with E-state index in [9.17, 15) is 4.79 Å². The van der Waals surface area contributed by atoms with Crippen LogP contribution in [0.15, 0.2) is 35.9 Å². The van der Waals surface area contributed by atoms with Gasteiger partial charge in [0.1, 0.15) is 6.29 Å². The minimum absolute atomic E-state index is 0.0382. The van der Waals surface area contributed by atoms with Crippen LogP contribution in [0.1, 0.15) is 65.5 Å². The quantitative estimate of drug-likeness (QED) is 0.627. The fourth-order valence-electron chi connectivity index (χ4n) is 2.34. The Morgan fingerprint density at radius 3 is 1.95 bits per heavy atom. The summed E-state index contributed by atoms with van der Waals surface area (Å²) in [6, 6.07) is 8.42. The SMILES string of the molecule is C/C=C(/C=O)[C@@H](c1cccc(C)c1)C(C)(C)C.CC(C)(C)O. The molecule has 0 aliphatic rings. The number of rotatable bonds is 3. The lowest BCUT2D eigenvalue weighted by atomic mass is 9.72. The molecule has 0 bridgehead atoms. The fraction of sp³-hybridized carbons (Fsp3) is 0.550. The first-order valence-corrected chi connectivity index (χ1v) is 7.80. The van der Waals surface area contributed by atoms with E-state index >= 15 is 0 Å². The standard InChI is InChI=1S/C16H22O.C4H10O/c1-6-13(11-17)15(16(3,4)5)14-9-7-8-12(2)10-14;1-4(2,3)5/h6-11,15H,1-5H3;5H,1-3H3/b13-6-;/t15-;/m0./s1. The summed E-state index contributed by atoms with van der Waals surface area (Å²) in [4.78, 5) is 11.2. The first-order chi connectivity index (χ1) is 9.90. The Morgan fingerprint density at radius 2 is 1.64 bits per heavy atom. The number of aldehydes is 1. The molecule has 0 radical (unpaired) electrons. The molecule has 0 aliphatic heterocycles. The van der Waals surface area contributed by atoms with Gasteiger partial charge in [0.2, 0.25) is 0 Å². The number of allylic oxidation sites excluding steroid dienone is 2. The maximum atomic E-state index is 11.2. The van der Waals surface area contributed by atoms with Crippen molar-refractivity contribution >= 4 is 6.29 Å². The maximum absolute atomic E-state index is 11.2. The largest absolute Gasteiger partial charge is 0.391 e. The highest BCUT2D eigenvalue weighted by atomic mass is 16.3. The first-order valence-electron chi connectivity index (χ1n) is 7.80. The van der Waals surface area contributed by atoms with E-state index in [4.69, 9.17) is 5.11 Å². The van der Waals surface area contributed by atoms with Gasteiger partial charge in [-0.1, -0.05) is 56.7 Å². The van der Waals surface area contributed by atoms with E-state index in [1.807, 2.05) is 13.0 Å². The molecule has 22 heavy (non-hydrogen) atoms. The summed E-state index contributed by atoms with van der Waals surface area (Å²) in [6.45, 7) is 15.8. The van der Waals surface area contributed by atoms with Crippen LogP contribution < -0.4 is 0 Å². The van der Waals surface area contributed by atoms with Gasteiger partial charge >= 0.3 is 0 Å². The molecule has 1 aromatic rings. The molecule has 0 aromatic heterocycles. The Bertz CT molecular complexity index is 493. The molecule has 2 heteroatoms. The molecular weight excluding hydrogens is 272 g/mol. The minimum Gasteiger partial charge on any atom is -0.391 e. The number of aryl methyl sites for hydroxylation is 1. The van der Waals surface area contributed by atoms with E-state index < -0.39 is 5.60 Å². The third-order valence-corrected chi connectivity index (χ3v) is 3.04. The fourth-order valence-corrected chi connectivity index (χ4v) is 2.34. The average molecular weight is 304 g/mol. The topological polar surface area (TPSA) is 37.3 Å². The van der Waals surface area contributed by atoms with Crippen molar-refractivity contribution in [3.05, 3.63) is 47.0 Å². The molecule has 0 saturated heterocycles. The molecule has 124 valence electrons. The van der Waals surface area contributed by atoms with Gasteiger partial charge in [0.25, 0.3) is 0 Å². The number of carbonyl (C=O) groups is 1. The monoisotopic (exact) mass is 304 g/mol. The second-order valence-corrected chi connectivity index (χ2v) is 7.79. The summed E-state index contributed by atoms with van der Waals surface area (Å²) in [6.07, 6.45) is 2.91. The molecule has 0 amide bonds. The van der Waals surface area contributed by atoms with Crippen LogP contribution in [-0.4, -0.2) is 17.0 Å². The third kappa shape index (κ3) is 8.14. The lowest BCUT2D eigenvalue weighted by molar-refractivity contribution is -0.105. The smallest absolute Gasteiger partial charge is 0.146 e. The van der Waals surface area contributed by atoms with Gasteiger partial charge in [-0.2, -0.15) is 0 Å². The normalized spacial score (nSPS) is 14.0. The van der Waals surface area contributed by atoms with E-state index in [0.717, 1.165) is 11.9 Å². The van der Waals surface area contributed by atoms with Crippen LogP contribution in [0.3, 0.4) is 0 Å². The summed E-state index contributed by atoms with van der Waals surface area (Å²) in [5.74, 6) is 0.157. The van der Waals surface area contributed by atoms with Crippen LogP contribution in [0.5, 0.6) is 0 Å². The third-order valence-electron chi connectivity index (χ3n) is 3.04. The van der Waals surface area contributed by atoms with Crippen molar-refractivity contribution in [3.8, 4) is 0 Å². The summed E-state index contributed by atoms with van der Waals surface area (Å²) in [5.41, 5.74) is 2.86. The van der Waals surface area contributed by atoms with Gasteiger partial charge in [0, 0.05) is 5.92 Å². The second kappa shape index (κ2) is 8.28. The molecule has 0 unspecified atom stereocenters. The second-order valence-electron chi connectivity index (χ2n) is 7.79. The van der Waals surface area contributed by atoms with Gasteiger partial charge in [-0.3, -0.25) is 4.79 Å². The van der Waals surface area contributed by atoms with Crippen molar-refractivity contribution in [2.75, 3.05) is 0 Å². The number of carbonyl (C=O) groups excluding carboxylic acids is 1. The van der Waals surface area contributed by atoms with E-state index in [1.165, 1.54) is 11.1 Å². The highest BCUT2D eigenvalue weighted by Crippen LogP contribution is 2.40. The van der Waals surface area contributed by atoms with Crippen molar-refractivity contribution in [1.29, 1.82) is 0 Å². The van der Waals surface area contributed by atoms with Gasteiger partial charge in [-0.05, 0) is 51.2 Å². The Kier molecular flexibility index (Phi) is 7.75. The Balaban J connectivity index is 0.000000763. The van der Waals surface area contributed by atoms with Crippen molar-refractivity contribution < 1.29 is 9.90 Å². The zero-order chi connectivity index (χ0) is 17.6. The van der Waals surface area contributed by atoms with Crippen LogP contribution in [0.25, 0.3) is 0 Å². The van der Waals surface area contributed by atoms with Crippen LogP contribution >= 0.6 is 0 Å². The number of benzene rings is 1. The van der Waals surface area contributed by atoms with Crippen molar-refractivity contribution in [2.45, 2.75) is 66.9 Å². The predicted molar refractivity (Wildman–Crippen MR) is 95.2 cm³/mol. The van der Waals surface area contributed by atoms with E-state index in [1.54, 1.807) is 20.8 Å². The highest BCUT2D eigenvalue weighted by Gasteiger charge is 2.29. The van der Waals surface area contributed by atoms with E-state index in [2.05, 4.69) is 52.0 Å². The van der Waals surface area contributed by atoms with Crippen LogP contribution in [0.4, 0.5) is 0 Å². The van der Waals surface area contributed by atoms with Gasteiger partial charge in [-0.25, -0.2) is 0 Å². The van der Waals surface area contributed by atoms with Crippen LogP contribution in [0.2, 0.25) is 0 Å². The number of aliphatic hydroxyl groups is 1. The Hall–Kier alpha value is -1.41. The molecule has 1 N–H and O–H groups in total. The molecule has 2 nitrogen and oxygen atoms in total.